The molecule has 2 fully saturated rings. The highest BCUT2D eigenvalue weighted by Crippen LogP contribution is 2.29. The minimum Gasteiger partial charge on any atom is -0.461 e. The number of hydrogen-bond donors (Lipinski definition) is 4. The topological polar surface area (TPSA) is 250 Å². The summed E-state index contributed by atoms with van der Waals surface area (Å²) < 4.78 is 11.5. The van der Waals surface area contributed by atoms with Gasteiger partial charge in [-0.05, 0) is 71.5 Å². The molecule has 4 N–H and O–H groups in total. The van der Waals surface area contributed by atoms with Crippen LogP contribution in [0, 0.1) is 11.8 Å². The molecule has 6 rings (SSSR count). The van der Waals surface area contributed by atoms with E-state index in [1.165, 1.54) is 42.0 Å². The smallest absolute Gasteiger partial charge is 0.329 e. The Morgan fingerprint density at radius 1 is 0.513 bits per heavy atom. The highest BCUT2D eigenvalue weighted by Gasteiger charge is 2.42. The Bertz CT molecular complexity index is 2690. The van der Waals surface area contributed by atoms with Crippen molar-refractivity contribution in [2.75, 3.05) is 52.9 Å². The van der Waals surface area contributed by atoms with Crippen LogP contribution in [0.4, 0.5) is 0 Å². The average Bonchev–Trinajstić information content (AvgIpc) is 3.39. The van der Waals surface area contributed by atoms with Crippen LogP contribution in [0.1, 0.15) is 62.3 Å². The summed E-state index contributed by atoms with van der Waals surface area (Å²) in [7, 11) is 7.62. The number of rotatable bonds is 6. The molecule has 0 radical (unpaired) electrons. The van der Waals surface area contributed by atoms with Crippen LogP contribution in [-0.2, 0) is 47.8 Å². The molecule has 22 heteroatoms. The number of fused-ring (bicyclic) bond motifs is 7. The van der Waals surface area contributed by atoms with Crippen molar-refractivity contribution < 1.29 is 57.4 Å². The number of esters is 2. The summed E-state index contributed by atoms with van der Waals surface area (Å²) in [4.78, 5) is 148. The molecule has 2 aliphatic heterocycles. The molecule has 4 aromatic rings. The third-order valence-corrected chi connectivity index (χ3v) is 15.9. The summed E-state index contributed by atoms with van der Waals surface area (Å²) in [6, 6.07) is 13.4. The molecular formula is C54H66N8O12S2. The Balaban J connectivity index is 1.39. The van der Waals surface area contributed by atoms with E-state index >= 15 is 0 Å². The highest BCUT2D eigenvalue weighted by molar-refractivity contribution is 8.76. The van der Waals surface area contributed by atoms with Gasteiger partial charge in [-0.25, -0.2) is 9.59 Å². The van der Waals surface area contributed by atoms with Gasteiger partial charge in [0.2, 0.25) is 35.4 Å². The summed E-state index contributed by atoms with van der Waals surface area (Å²) in [5.41, 5.74) is 0.369. The molecule has 406 valence electrons. The number of carbonyl (C=O) groups is 10. The highest BCUT2D eigenvalue weighted by atomic mass is 33.1. The lowest BCUT2D eigenvalue weighted by molar-refractivity contribution is -0.160. The monoisotopic (exact) mass is 1080 g/mol. The second-order valence-corrected chi connectivity index (χ2v) is 22.2. The van der Waals surface area contributed by atoms with Crippen LogP contribution in [-0.4, -0.2) is 180 Å². The molecule has 20 nitrogen and oxygen atoms in total. The van der Waals surface area contributed by atoms with Gasteiger partial charge >= 0.3 is 11.9 Å². The Kier molecular flexibility index (Phi) is 19.5. The third kappa shape index (κ3) is 13.6. The van der Waals surface area contributed by atoms with Gasteiger partial charge in [0.05, 0.1) is 0 Å². The van der Waals surface area contributed by atoms with E-state index in [0.717, 1.165) is 62.7 Å². The maximum absolute atomic E-state index is 14.8. The zero-order valence-corrected chi connectivity index (χ0v) is 45.8. The zero-order valence-electron chi connectivity index (χ0n) is 44.2. The maximum Gasteiger partial charge on any atom is 0.329 e. The van der Waals surface area contributed by atoms with Crippen LogP contribution < -0.4 is 21.3 Å². The second kappa shape index (κ2) is 25.6. The molecule has 76 heavy (non-hydrogen) atoms. The number of nitrogens with zero attached hydrogens (tertiary/aromatic N) is 4. The van der Waals surface area contributed by atoms with E-state index < -0.39 is 133 Å². The molecule has 0 spiro atoms. The normalized spacial score (nSPS) is 24.7. The number of ether oxygens (including phenoxy) is 2. The van der Waals surface area contributed by atoms with Gasteiger partial charge in [-0.2, -0.15) is 0 Å². The number of carbonyl (C=O) groups excluding carboxylic acids is 10. The number of cyclic esters (lactones) is 2. The van der Waals surface area contributed by atoms with Crippen LogP contribution in [0.5, 0.6) is 0 Å². The maximum atomic E-state index is 14.8. The number of hydrogen-bond acceptors (Lipinski definition) is 14. The quantitative estimate of drug-likeness (QED) is 0.160. The number of likely N-dealkylation sites (N-methyl/N-ethyl adjacent to an activating group) is 4. The lowest BCUT2D eigenvalue weighted by Crippen LogP contribution is -2.60. The summed E-state index contributed by atoms with van der Waals surface area (Å²) in [6.07, 6.45) is 0. The lowest BCUT2D eigenvalue weighted by atomic mass is 10.0. The molecule has 8 amide bonds. The van der Waals surface area contributed by atoms with Gasteiger partial charge in [-0.15, -0.1) is 0 Å². The van der Waals surface area contributed by atoms with Crippen LogP contribution in [0.2, 0.25) is 0 Å². The first-order valence-electron chi connectivity index (χ1n) is 24.8. The predicted molar refractivity (Wildman–Crippen MR) is 288 cm³/mol. The summed E-state index contributed by atoms with van der Waals surface area (Å²) in [5.74, 6) is -9.50. The number of benzene rings is 4. The van der Waals surface area contributed by atoms with Gasteiger partial charge in [0, 0.05) is 50.8 Å². The zero-order chi connectivity index (χ0) is 55.7. The Morgan fingerprint density at radius 3 is 1.20 bits per heavy atom. The number of amides is 8. The number of nitrogens with one attached hydrogen (secondary N) is 4. The molecule has 4 aromatic carbocycles. The lowest BCUT2D eigenvalue weighted by Gasteiger charge is -2.37. The minimum absolute atomic E-state index is 0.133. The molecule has 2 bridgehead atoms. The summed E-state index contributed by atoms with van der Waals surface area (Å²) in [5, 5.41) is 13.7. The largest absolute Gasteiger partial charge is 0.461 e. The van der Waals surface area contributed by atoms with E-state index in [0.29, 0.717) is 0 Å². The fourth-order valence-corrected chi connectivity index (χ4v) is 11.6. The van der Waals surface area contributed by atoms with Gasteiger partial charge in [0.25, 0.3) is 11.8 Å². The molecule has 0 saturated carbocycles. The van der Waals surface area contributed by atoms with Crippen molar-refractivity contribution in [1.29, 1.82) is 0 Å². The Morgan fingerprint density at radius 2 is 0.855 bits per heavy atom. The van der Waals surface area contributed by atoms with E-state index in [-0.39, 0.29) is 22.6 Å². The van der Waals surface area contributed by atoms with E-state index in [1.54, 1.807) is 76.2 Å². The first-order valence-corrected chi connectivity index (χ1v) is 27.3. The van der Waals surface area contributed by atoms with Crippen molar-refractivity contribution in [3.8, 4) is 0 Å². The van der Waals surface area contributed by atoms with Crippen LogP contribution in [0.15, 0.2) is 84.9 Å². The molecule has 0 aliphatic carbocycles. The van der Waals surface area contributed by atoms with Crippen molar-refractivity contribution in [3.05, 3.63) is 96.1 Å². The van der Waals surface area contributed by atoms with E-state index in [1.807, 2.05) is 36.4 Å². The molecule has 0 unspecified atom stereocenters. The van der Waals surface area contributed by atoms with Crippen molar-refractivity contribution >= 4 is 102 Å². The molecule has 0 aromatic heterocycles. The predicted octanol–water partition coefficient (Wildman–Crippen LogP) is 3.01. The van der Waals surface area contributed by atoms with Crippen molar-refractivity contribution in [2.45, 2.75) is 89.9 Å². The Hall–Kier alpha value is -7.20. The standard InChI is InChI=1S/C54H66N8O12S2/c1-29(2)43-53(71)73-25-39(57-45(63)37-21-19-33-15-11-13-17-35(33)23-37)47(65)55-32(6)50(68)60(8)42-28-76-75-27-41(51(69)61(43)9)59(7)49(67)31(5)56-48(66)40(26-74-54(72)44(30(3)4)62(10)52(42)70)58-46(64)38-22-20-34-16-12-14-18-36(34)24-38/h11-24,29-32,39-44H,25-28H2,1-10H3,(H,55,65)(H,56,66)(H,57,63)(H,58,64)/t31-,32-,39+,40+,41-,42-,43-,44-/m0/s1. The van der Waals surface area contributed by atoms with E-state index in [4.69, 9.17) is 9.47 Å². The van der Waals surface area contributed by atoms with Crippen LogP contribution in [0.25, 0.3) is 21.5 Å². The first kappa shape index (κ1) is 58.1. The van der Waals surface area contributed by atoms with Crippen molar-refractivity contribution in [1.82, 2.24) is 40.9 Å². The van der Waals surface area contributed by atoms with Crippen LogP contribution >= 0.6 is 21.6 Å². The Labute approximate surface area is 449 Å². The fourth-order valence-electron chi connectivity index (χ4n) is 9.10. The van der Waals surface area contributed by atoms with Gasteiger partial charge in [0.1, 0.15) is 61.5 Å². The van der Waals surface area contributed by atoms with Gasteiger partial charge in [-0.1, -0.05) is 110 Å². The molecular weight excluding hydrogens is 1020 g/mol. The van der Waals surface area contributed by atoms with Gasteiger partial charge in [0.15, 0.2) is 0 Å². The van der Waals surface area contributed by atoms with Crippen molar-refractivity contribution in [2.24, 2.45) is 11.8 Å². The third-order valence-electron chi connectivity index (χ3n) is 13.5. The van der Waals surface area contributed by atoms with Gasteiger partial charge in [-0.3, -0.25) is 38.4 Å². The molecule has 2 heterocycles. The SMILES string of the molecule is CC(C)[C@H]1C(=O)OC[C@@H](NC(=O)c2ccc3ccccc3c2)C(=O)N[C@@H](C)C(=O)N(C)[C@H]2CSSC[C@@H](C(=O)N1C)N(C)C(=O)[C@H](C)NC(=O)[C@H](NC(=O)c1ccc3ccccc3c1)COC(=O)[C@H](C(C)C)N(C)C2=O. The van der Waals surface area contributed by atoms with E-state index in [9.17, 15) is 47.9 Å². The average molecular weight is 1080 g/mol. The first-order chi connectivity index (χ1) is 36.0. The van der Waals surface area contributed by atoms with E-state index in [2.05, 4.69) is 21.3 Å². The summed E-state index contributed by atoms with van der Waals surface area (Å²) in [6.45, 7) is 7.97. The minimum atomic E-state index is -1.58. The summed E-state index contributed by atoms with van der Waals surface area (Å²) >= 11 is 0. The second-order valence-electron chi connectivity index (χ2n) is 19.7. The van der Waals surface area contributed by atoms with Crippen LogP contribution in [0.3, 0.4) is 0 Å². The molecule has 2 aliphatic rings. The van der Waals surface area contributed by atoms with Gasteiger partial charge < -0.3 is 50.3 Å². The fraction of sp³-hybridized carbons (Fsp3) is 0.444. The van der Waals surface area contributed by atoms with Crippen molar-refractivity contribution in [3.63, 3.8) is 0 Å². The molecule has 2 saturated heterocycles. The molecule has 8 atom stereocenters.